The molecule has 3 aromatic rings. The molecule has 3 aromatic carbocycles. The van der Waals surface area contributed by atoms with Crippen molar-refractivity contribution in [2.75, 3.05) is 57.7 Å². The highest BCUT2D eigenvalue weighted by molar-refractivity contribution is 6.01. The Morgan fingerprint density at radius 1 is 0.650 bits per heavy atom. The minimum atomic E-state index is 0.758. The lowest BCUT2D eigenvalue weighted by Crippen LogP contribution is -2.33. The van der Waals surface area contributed by atoms with Gasteiger partial charge in [-0.05, 0) is 122 Å². The summed E-state index contributed by atoms with van der Waals surface area (Å²) in [6, 6.07) is 26.8. The molecule has 0 aromatic heterocycles. The normalized spacial score (nSPS) is 18.4. The Kier molecular flexibility index (Phi) is 9.16. The van der Waals surface area contributed by atoms with Gasteiger partial charge >= 0.3 is 0 Å². The van der Waals surface area contributed by atoms with Crippen molar-refractivity contribution >= 4 is 16.8 Å². The van der Waals surface area contributed by atoms with Gasteiger partial charge in [0.25, 0.3) is 0 Å². The summed E-state index contributed by atoms with van der Waals surface area (Å²) in [7, 11) is 0. The van der Waals surface area contributed by atoms with E-state index in [-0.39, 0.29) is 0 Å². The summed E-state index contributed by atoms with van der Waals surface area (Å²) in [5, 5.41) is 3.71. The van der Waals surface area contributed by atoms with Crippen molar-refractivity contribution in [3.8, 4) is 5.75 Å². The van der Waals surface area contributed by atoms with E-state index in [2.05, 4.69) is 87.9 Å². The fourth-order valence-corrected chi connectivity index (χ4v) is 6.69. The van der Waals surface area contributed by atoms with Crippen LogP contribution in [0.2, 0.25) is 0 Å². The second-order valence-electron chi connectivity index (χ2n) is 11.7. The first-order valence-electron chi connectivity index (χ1n) is 15.7. The lowest BCUT2D eigenvalue weighted by atomic mass is 9.79. The zero-order valence-electron chi connectivity index (χ0n) is 24.0. The Morgan fingerprint density at radius 3 is 2.08 bits per heavy atom. The van der Waals surface area contributed by atoms with Crippen LogP contribution in [0, 0.1) is 0 Å². The summed E-state index contributed by atoms with van der Waals surface area (Å²) in [6.45, 7) is 8.86. The second-order valence-corrected chi connectivity index (χ2v) is 11.7. The van der Waals surface area contributed by atoms with E-state index in [0.717, 1.165) is 44.8 Å². The molecule has 0 radical (unpaired) electrons. The van der Waals surface area contributed by atoms with Crippen molar-refractivity contribution in [1.82, 2.24) is 9.80 Å². The Labute approximate surface area is 241 Å². The number of hydrogen-bond donors (Lipinski definition) is 1. The van der Waals surface area contributed by atoms with Gasteiger partial charge in [0.05, 0.1) is 0 Å². The number of benzene rings is 3. The fraction of sp³-hybridized carbons (Fsp3) is 0.444. The van der Waals surface area contributed by atoms with Crippen molar-refractivity contribution in [3.05, 3.63) is 95.1 Å². The number of rotatable bonds is 10. The van der Waals surface area contributed by atoms with Crippen LogP contribution in [0.15, 0.2) is 72.8 Å². The zero-order chi connectivity index (χ0) is 27.0. The van der Waals surface area contributed by atoms with Crippen LogP contribution in [0.3, 0.4) is 0 Å². The lowest BCUT2D eigenvalue weighted by molar-refractivity contribution is 0.183. The van der Waals surface area contributed by atoms with E-state index >= 15 is 0 Å². The Hall–Kier alpha value is -3.08. The van der Waals surface area contributed by atoms with Gasteiger partial charge in [0.15, 0.2) is 0 Å². The molecule has 0 bridgehead atoms. The van der Waals surface area contributed by atoms with Crippen molar-refractivity contribution in [2.45, 2.75) is 51.4 Å². The van der Waals surface area contributed by atoms with Gasteiger partial charge < -0.3 is 15.0 Å². The Morgan fingerprint density at radius 2 is 1.35 bits per heavy atom. The van der Waals surface area contributed by atoms with Crippen LogP contribution in [0.1, 0.15) is 67.2 Å². The van der Waals surface area contributed by atoms with Gasteiger partial charge in [-0.25, -0.2) is 0 Å². The summed E-state index contributed by atoms with van der Waals surface area (Å²) in [5.41, 5.74) is 9.47. The standard InChI is InChI=1S/C36H45N3O/c1-4-10-29(11-5-1)34-18-14-31-28-32(37-20-25-38-21-6-2-7-22-38)15-19-35(31)36(34)30-12-16-33(17-13-30)40-27-26-39-23-8-3-9-24-39/h1,4-5,10-13,15-17,19,28,37H,2-3,6-9,14,18,20-27H2. The molecular weight excluding hydrogens is 490 g/mol. The number of piperidine rings is 2. The summed E-state index contributed by atoms with van der Waals surface area (Å²) >= 11 is 0. The summed E-state index contributed by atoms with van der Waals surface area (Å²) < 4.78 is 6.16. The molecule has 4 nitrogen and oxygen atoms in total. The lowest BCUT2D eigenvalue weighted by Gasteiger charge is -2.27. The van der Waals surface area contributed by atoms with E-state index in [1.807, 2.05) is 0 Å². The van der Waals surface area contributed by atoms with E-state index in [9.17, 15) is 0 Å². The van der Waals surface area contributed by atoms with Crippen molar-refractivity contribution in [2.24, 2.45) is 0 Å². The minimum absolute atomic E-state index is 0.758. The molecule has 4 heteroatoms. The minimum Gasteiger partial charge on any atom is -0.492 e. The summed E-state index contributed by atoms with van der Waals surface area (Å²) in [5.74, 6) is 0.965. The number of ether oxygens (including phenoxy) is 1. The first-order chi connectivity index (χ1) is 19.8. The number of likely N-dealkylation sites (tertiary alicyclic amines) is 2. The molecule has 2 saturated heterocycles. The largest absolute Gasteiger partial charge is 0.492 e. The maximum atomic E-state index is 6.16. The van der Waals surface area contributed by atoms with Crippen LogP contribution in [0.25, 0.3) is 11.1 Å². The van der Waals surface area contributed by atoms with E-state index in [4.69, 9.17) is 4.74 Å². The number of fused-ring (bicyclic) bond motifs is 1. The maximum absolute atomic E-state index is 6.16. The Bertz CT molecular complexity index is 1250. The Balaban J connectivity index is 1.19. The number of nitrogens with zero attached hydrogens (tertiary/aromatic N) is 2. The highest BCUT2D eigenvalue weighted by Gasteiger charge is 2.22. The molecule has 1 aliphatic carbocycles. The molecule has 210 valence electrons. The van der Waals surface area contributed by atoms with Gasteiger partial charge in [-0.15, -0.1) is 0 Å². The van der Waals surface area contributed by atoms with E-state index in [0.29, 0.717) is 0 Å². The smallest absolute Gasteiger partial charge is 0.119 e. The topological polar surface area (TPSA) is 27.7 Å². The third-order valence-corrected chi connectivity index (χ3v) is 8.92. The molecule has 0 saturated carbocycles. The number of anilines is 1. The molecule has 0 spiro atoms. The highest BCUT2D eigenvalue weighted by Crippen LogP contribution is 2.41. The monoisotopic (exact) mass is 535 g/mol. The molecule has 1 N–H and O–H groups in total. The van der Waals surface area contributed by atoms with Crippen LogP contribution < -0.4 is 10.1 Å². The average molecular weight is 536 g/mol. The third-order valence-electron chi connectivity index (χ3n) is 8.92. The van der Waals surface area contributed by atoms with Gasteiger partial charge in [-0.2, -0.15) is 0 Å². The number of hydrogen-bond acceptors (Lipinski definition) is 4. The van der Waals surface area contributed by atoms with Crippen LogP contribution in [-0.4, -0.2) is 62.2 Å². The van der Waals surface area contributed by atoms with Gasteiger partial charge in [0.2, 0.25) is 0 Å². The van der Waals surface area contributed by atoms with Crippen LogP contribution >= 0.6 is 0 Å². The molecule has 0 unspecified atom stereocenters. The van der Waals surface area contributed by atoms with Crippen LogP contribution in [-0.2, 0) is 6.42 Å². The quantitative estimate of drug-likeness (QED) is 0.294. The predicted molar refractivity (Wildman–Crippen MR) is 168 cm³/mol. The van der Waals surface area contributed by atoms with Gasteiger partial charge in [0, 0.05) is 25.3 Å². The summed E-state index contributed by atoms with van der Waals surface area (Å²) in [6.07, 6.45) is 10.2. The van der Waals surface area contributed by atoms with Crippen molar-refractivity contribution in [1.29, 1.82) is 0 Å². The van der Waals surface area contributed by atoms with Crippen LogP contribution in [0.4, 0.5) is 5.69 Å². The second kappa shape index (κ2) is 13.5. The molecule has 2 aliphatic heterocycles. The van der Waals surface area contributed by atoms with E-state index < -0.39 is 0 Å². The first-order valence-corrected chi connectivity index (χ1v) is 15.7. The molecule has 3 aliphatic rings. The zero-order valence-corrected chi connectivity index (χ0v) is 24.0. The number of nitrogens with one attached hydrogen (secondary N) is 1. The van der Waals surface area contributed by atoms with Crippen LogP contribution in [0.5, 0.6) is 5.75 Å². The number of allylic oxidation sites excluding steroid dienone is 1. The van der Waals surface area contributed by atoms with Gasteiger partial charge in [0.1, 0.15) is 12.4 Å². The molecule has 6 rings (SSSR count). The maximum Gasteiger partial charge on any atom is 0.119 e. The average Bonchev–Trinajstić information content (AvgIpc) is 3.02. The first kappa shape index (κ1) is 27.1. The van der Waals surface area contributed by atoms with Crippen molar-refractivity contribution in [3.63, 3.8) is 0 Å². The van der Waals surface area contributed by atoms with Crippen molar-refractivity contribution < 1.29 is 4.74 Å². The highest BCUT2D eigenvalue weighted by atomic mass is 16.5. The molecular formula is C36H45N3O. The third kappa shape index (κ3) is 6.79. The summed E-state index contributed by atoms with van der Waals surface area (Å²) in [4.78, 5) is 5.13. The van der Waals surface area contributed by atoms with E-state index in [1.54, 1.807) is 0 Å². The van der Waals surface area contributed by atoms with Gasteiger partial charge in [-0.1, -0.05) is 61.4 Å². The molecule has 2 fully saturated rings. The molecule has 0 amide bonds. The van der Waals surface area contributed by atoms with E-state index in [1.165, 1.54) is 104 Å². The molecule has 2 heterocycles. The predicted octanol–water partition coefficient (Wildman–Crippen LogP) is 7.35. The van der Waals surface area contributed by atoms with Gasteiger partial charge in [-0.3, -0.25) is 4.90 Å². The molecule has 40 heavy (non-hydrogen) atoms. The number of aryl methyl sites for hydroxylation is 1. The molecule has 0 atom stereocenters. The SMILES string of the molecule is c1ccc(C2=C(c3ccc(OCCN4CCCCC4)cc3)c3ccc(NCCN4CCCCC4)cc3CC2)cc1. The fourth-order valence-electron chi connectivity index (χ4n) is 6.69.